The molecule has 4 heteroatoms. The van der Waals surface area contributed by atoms with Crippen molar-refractivity contribution in [3.63, 3.8) is 0 Å². The van der Waals surface area contributed by atoms with Gasteiger partial charge in [0.15, 0.2) is 5.76 Å². The van der Waals surface area contributed by atoms with Gasteiger partial charge in [0.25, 0.3) is 0 Å². The second-order valence-corrected chi connectivity index (χ2v) is 3.57. The van der Waals surface area contributed by atoms with Gasteiger partial charge in [-0.1, -0.05) is 18.1 Å². The van der Waals surface area contributed by atoms with E-state index in [0.29, 0.717) is 0 Å². The summed E-state index contributed by atoms with van der Waals surface area (Å²) in [6.07, 6.45) is 4.61. The van der Waals surface area contributed by atoms with E-state index in [2.05, 4.69) is 22.4 Å². The molecule has 2 aromatic heterocycles. The summed E-state index contributed by atoms with van der Waals surface area (Å²) in [7, 11) is 0. The van der Waals surface area contributed by atoms with Crippen LogP contribution in [0.5, 0.6) is 0 Å². The predicted molar refractivity (Wildman–Crippen MR) is 61.7 cm³/mol. The minimum Gasteiger partial charge on any atom is -0.354 e. The lowest BCUT2D eigenvalue weighted by Crippen LogP contribution is -2.13. The highest BCUT2D eigenvalue weighted by Crippen LogP contribution is 2.20. The van der Waals surface area contributed by atoms with E-state index in [1.807, 2.05) is 18.2 Å². The van der Waals surface area contributed by atoms with Gasteiger partial charge in [-0.25, -0.2) is 0 Å². The molecule has 2 rings (SSSR count). The maximum absolute atomic E-state index is 5.23. The third-order valence-corrected chi connectivity index (χ3v) is 2.28. The van der Waals surface area contributed by atoms with Crippen molar-refractivity contribution in [3.8, 4) is 11.5 Å². The Morgan fingerprint density at radius 3 is 3.06 bits per heavy atom. The number of hydrogen-bond acceptors (Lipinski definition) is 4. The van der Waals surface area contributed by atoms with Crippen molar-refractivity contribution >= 4 is 0 Å². The van der Waals surface area contributed by atoms with Crippen LogP contribution in [0.2, 0.25) is 0 Å². The first-order valence-electron chi connectivity index (χ1n) is 5.47. The van der Waals surface area contributed by atoms with E-state index in [9.17, 15) is 0 Å². The molecule has 0 aromatic carbocycles. The van der Waals surface area contributed by atoms with E-state index >= 15 is 0 Å². The summed E-state index contributed by atoms with van der Waals surface area (Å²) in [5.41, 5.74) is 1.88. The van der Waals surface area contributed by atoms with Gasteiger partial charge in [-0.05, 0) is 25.1 Å². The molecule has 0 aliphatic carbocycles. The zero-order valence-electron chi connectivity index (χ0n) is 9.31. The highest BCUT2D eigenvalue weighted by molar-refractivity contribution is 5.55. The quantitative estimate of drug-likeness (QED) is 0.780. The SMILES string of the molecule is CCCNCc1cnoc1-c1ccccn1. The zero-order chi connectivity index (χ0) is 11.2. The summed E-state index contributed by atoms with van der Waals surface area (Å²) in [5.74, 6) is 0.754. The number of hydrogen-bond donors (Lipinski definition) is 1. The molecule has 0 spiro atoms. The van der Waals surface area contributed by atoms with Gasteiger partial charge in [-0.2, -0.15) is 0 Å². The molecule has 0 saturated carbocycles. The highest BCUT2D eigenvalue weighted by atomic mass is 16.5. The molecule has 1 N–H and O–H groups in total. The molecule has 0 radical (unpaired) electrons. The molecule has 2 aromatic rings. The average molecular weight is 217 g/mol. The van der Waals surface area contributed by atoms with Gasteiger partial charge in [-0.3, -0.25) is 4.98 Å². The maximum Gasteiger partial charge on any atom is 0.189 e. The smallest absolute Gasteiger partial charge is 0.189 e. The van der Waals surface area contributed by atoms with Gasteiger partial charge in [-0.15, -0.1) is 0 Å². The molecule has 0 aliphatic rings. The molecular formula is C12H15N3O. The Kier molecular flexibility index (Phi) is 3.66. The molecule has 0 aliphatic heterocycles. The van der Waals surface area contributed by atoms with Crippen LogP contribution in [0.1, 0.15) is 18.9 Å². The topological polar surface area (TPSA) is 51.0 Å². The highest BCUT2D eigenvalue weighted by Gasteiger charge is 2.10. The molecule has 0 saturated heterocycles. The first kappa shape index (κ1) is 10.8. The van der Waals surface area contributed by atoms with E-state index in [0.717, 1.165) is 36.5 Å². The monoisotopic (exact) mass is 217 g/mol. The summed E-state index contributed by atoms with van der Waals surface area (Å²) in [5, 5.41) is 7.14. The summed E-state index contributed by atoms with van der Waals surface area (Å²) in [4.78, 5) is 4.25. The number of nitrogens with one attached hydrogen (secondary N) is 1. The largest absolute Gasteiger partial charge is 0.354 e. The normalized spacial score (nSPS) is 10.6. The minimum atomic E-state index is 0.754. The third-order valence-electron chi connectivity index (χ3n) is 2.28. The van der Waals surface area contributed by atoms with Crippen LogP contribution in [0.3, 0.4) is 0 Å². The van der Waals surface area contributed by atoms with Gasteiger partial charge in [0, 0.05) is 18.3 Å². The Labute approximate surface area is 94.7 Å². The van der Waals surface area contributed by atoms with Crippen LogP contribution in [-0.4, -0.2) is 16.7 Å². The summed E-state index contributed by atoms with van der Waals surface area (Å²) < 4.78 is 5.23. The maximum atomic E-state index is 5.23. The summed E-state index contributed by atoms with van der Waals surface area (Å²) >= 11 is 0. The van der Waals surface area contributed by atoms with Crippen molar-refractivity contribution in [3.05, 3.63) is 36.2 Å². The second-order valence-electron chi connectivity index (χ2n) is 3.57. The Hall–Kier alpha value is -1.68. The van der Waals surface area contributed by atoms with Crippen molar-refractivity contribution < 1.29 is 4.52 Å². The first-order chi connectivity index (χ1) is 7.92. The van der Waals surface area contributed by atoms with Gasteiger partial charge in [0.1, 0.15) is 5.69 Å². The number of aromatic nitrogens is 2. The van der Waals surface area contributed by atoms with Crippen molar-refractivity contribution in [1.82, 2.24) is 15.5 Å². The van der Waals surface area contributed by atoms with E-state index in [-0.39, 0.29) is 0 Å². The Morgan fingerprint density at radius 1 is 1.38 bits per heavy atom. The van der Waals surface area contributed by atoms with Crippen LogP contribution < -0.4 is 5.32 Å². The fraction of sp³-hybridized carbons (Fsp3) is 0.333. The van der Waals surface area contributed by atoms with Gasteiger partial charge < -0.3 is 9.84 Å². The van der Waals surface area contributed by atoms with Crippen LogP contribution in [0.25, 0.3) is 11.5 Å². The minimum absolute atomic E-state index is 0.754. The fourth-order valence-corrected chi connectivity index (χ4v) is 1.49. The molecule has 0 bridgehead atoms. The number of rotatable bonds is 5. The van der Waals surface area contributed by atoms with Crippen LogP contribution >= 0.6 is 0 Å². The zero-order valence-corrected chi connectivity index (χ0v) is 9.31. The van der Waals surface area contributed by atoms with Crippen LogP contribution in [0, 0.1) is 0 Å². The Morgan fingerprint density at radius 2 is 2.31 bits per heavy atom. The summed E-state index contributed by atoms with van der Waals surface area (Å²) in [6, 6.07) is 5.74. The number of nitrogens with zero attached hydrogens (tertiary/aromatic N) is 2. The molecule has 84 valence electrons. The fourth-order valence-electron chi connectivity index (χ4n) is 1.49. The lowest BCUT2D eigenvalue weighted by atomic mass is 10.2. The van der Waals surface area contributed by atoms with E-state index in [4.69, 9.17) is 4.52 Å². The molecule has 2 heterocycles. The van der Waals surface area contributed by atoms with Crippen LogP contribution in [0.15, 0.2) is 35.1 Å². The van der Waals surface area contributed by atoms with E-state index < -0.39 is 0 Å². The van der Waals surface area contributed by atoms with Gasteiger partial charge in [0.2, 0.25) is 0 Å². The Balaban J connectivity index is 2.13. The van der Waals surface area contributed by atoms with Crippen molar-refractivity contribution in [2.45, 2.75) is 19.9 Å². The average Bonchev–Trinajstić information content (AvgIpc) is 2.79. The molecule has 0 unspecified atom stereocenters. The second kappa shape index (κ2) is 5.42. The summed E-state index contributed by atoms with van der Waals surface area (Å²) in [6.45, 7) is 3.90. The molecular weight excluding hydrogens is 202 g/mol. The van der Waals surface area contributed by atoms with Crippen molar-refractivity contribution in [1.29, 1.82) is 0 Å². The van der Waals surface area contributed by atoms with Crippen molar-refractivity contribution in [2.75, 3.05) is 6.54 Å². The molecule has 0 amide bonds. The van der Waals surface area contributed by atoms with Crippen LogP contribution in [-0.2, 0) is 6.54 Å². The van der Waals surface area contributed by atoms with Gasteiger partial charge >= 0.3 is 0 Å². The molecule has 4 nitrogen and oxygen atoms in total. The predicted octanol–water partition coefficient (Wildman–Crippen LogP) is 2.24. The molecule has 16 heavy (non-hydrogen) atoms. The molecule has 0 atom stereocenters. The lowest BCUT2D eigenvalue weighted by Gasteiger charge is -2.01. The van der Waals surface area contributed by atoms with E-state index in [1.165, 1.54) is 0 Å². The molecule has 0 fully saturated rings. The standard InChI is InChI=1S/C12H15N3O/c1-2-6-13-8-10-9-15-16-12(10)11-5-3-4-7-14-11/h3-5,7,9,13H,2,6,8H2,1H3. The first-order valence-corrected chi connectivity index (χ1v) is 5.47. The van der Waals surface area contributed by atoms with Crippen molar-refractivity contribution in [2.24, 2.45) is 0 Å². The Bertz CT molecular complexity index is 425. The lowest BCUT2D eigenvalue weighted by molar-refractivity contribution is 0.430. The number of pyridine rings is 1. The third kappa shape index (κ3) is 2.46. The van der Waals surface area contributed by atoms with Crippen LogP contribution in [0.4, 0.5) is 0 Å². The van der Waals surface area contributed by atoms with Gasteiger partial charge in [0.05, 0.1) is 6.20 Å². The van der Waals surface area contributed by atoms with E-state index in [1.54, 1.807) is 12.4 Å².